The molecule has 1 aliphatic heterocycles. The molecule has 1 aromatic heterocycles. The second-order valence-corrected chi connectivity index (χ2v) is 16.3. The molecule has 47 heavy (non-hydrogen) atoms. The fourth-order valence-electron chi connectivity index (χ4n) is 6.37. The molecule has 10 nitrogen and oxygen atoms in total. The van der Waals surface area contributed by atoms with E-state index in [4.69, 9.17) is 14.7 Å². The first-order valence-electron chi connectivity index (χ1n) is 16.2. The lowest BCUT2D eigenvalue weighted by molar-refractivity contribution is -0.144. The summed E-state index contributed by atoms with van der Waals surface area (Å²) in [6.07, 6.45) is 2.40. The van der Waals surface area contributed by atoms with Crippen molar-refractivity contribution in [3.05, 3.63) is 67.3 Å². The molecule has 0 radical (unpaired) electrons. The van der Waals surface area contributed by atoms with Crippen LogP contribution in [-0.2, 0) is 24.4 Å². The van der Waals surface area contributed by atoms with Crippen LogP contribution in [0.1, 0.15) is 59.8 Å². The number of allylic oxidation sites excluding steroid dienone is 1. The molecule has 0 spiro atoms. The molecule has 2 heterocycles. The molecule has 248 valence electrons. The van der Waals surface area contributed by atoms with Gasteiger partial charge in [-0.15, -0.1) is 6.58 Å². The largest absolute Gasteiger partial charge is 0.472 e. The summed E-state index contributed by atoms with van der Waals surface area (Å²) in [5.41, 5.74) is -0.0430. The van der Waals surface area contributed by atoms with Gasteiger partial charge in [0.2, 0.25) is 27.7 Å². The zero-order chi connectivity index (χ0) is 33.7. The van der Waals surface area contributed by atoms with Crippen molar-refractivity contribution in [3.8, 4) is 17.3 Å². The highest BCUT2D eigenvalue weighted by Gasteiger charge is 2.61. The Morgan fingerprint density at radius 2 is 1.77 bits per heavy atom. The van der Waals surface area contributed by atoms with Crippen LogP contribution >= 0.6 is 0 Å². The Morgan fingerprint density at radius 1 is 1.09 bits per heavy atom. The van der Waals surface area contributed by atoms with Gasteiger partial charge in [-0.25, -0.2) is 13.4 Å². The molecular weight excluding hydrogens is 616 g/mol. The lowest BCUT2D eigenvalue weighted by atomic mass is 9.81. The van der Waals surface area contributed by atoms with E-state index in [1.807, 2.05) is 82.3 Å². The third kappa shape index (κ3) is 6.54. The van der Waals surface area contributed by atoms with Crippen LogP contribution in [0.15, 0.2) is 67.3 Å². The summed E-state index contributed by atoms with van der Waals surface area (Å²) in [7, 11) is -3.79. The molecule has 11 heteroatoms. The monoisotopic (exact) mass is 658 g/mol. The summed E-state index contributed by atoms with van der Waals surface area (Å²) in [4.78, 5) is 52.7. The smallest absolute Gasteiger partial charge is 0.240 e. The molecule has 2 aromatic carbocycles. The number of nitrogens with one attached hydrogen (secondary N) is 1. The van der Waals surface area contributed by atoms with Gasteiger partial charge in [0.15, 0.2) is 11.6 Å². The Labute approximate surface area is 276 Å². The molecule has 2 aliphatic carbocycles. The highest BCUT2D eigenvalue weighted by Crippen LogP contribution is 2.57. The quantitative estimate of drug-likeness (QED) is 0.282. The normalized spacial score (nSPS) is 24.9. The molecule has 2 amide bonds. The zero-order valence-corrected chi connectivity index (χ0v) is 28.1. The Morgan fingerprint density at radius 3 is 2.40 bits per heavy atom. The van der Waals surface area contributed by atoms with E-state index < -0.39 is 44.7 Å². The van der Waals surface area contributed by atoms with E-state index >= 15 is 0 Å². The maximum absolute atomic E-state index is 14.2. The number of nitrogens with zero attached hydrogens (tertiary/aromatic N) is 3. The van der Waals surface area contributed by atoms with Crippen molar-refractivity contribution in [2.24, 2.45) is 22.7 Å². The van der Waals surface area contributed by atoms with Gasteiger partial charge in [0.1, 0.15) is 6.10 Å². The van der Waals surface area contributed by atoms with Crippen LogP contribution < -0.4 is 9.46 Å². The van der Waals surface area contributed by atoms with E-state index in [2.05, 4.69) is 11.3 Å². The molecule has 2 unspecified atom stereocenters. The molecule has 3 aliphatic rings. The average molecular weight is 659 g/mol. The molecule has 1 N–H and O–H groups in total. The summed E-state index contributed by atoms with van der Waals surface area (Å²) < 4.78 is 34.0. The number of amides is 2. The third-order valence-corrected chi connectivity index (χ3v) is 11.8. The van der Waals surface area contributed by atoms with Crippen molar-refractivity contribution in [1.29, 1.82) is 0 Å². The molecule has 1 saturated heterocycles. The van der Waals surface area contributed by atoms with Crippen molar-refractivity contribution in [1.82, 2.24) is 19.6 Å². The molecular formula is C36H42N4O6S. The first-order chi connectivity index (χ1) is 22.2. The number of fused-ring (bicyclic) bond motifs is 1. The van der Waals surface area contributed by atoms with Crippen molar-refractivity contribution >= 4 is 38.5 Å². The molecule has 2 saturated carbocycles. The van der Waals surface area contributed by atoms with E-state index in [1.165, 1.54) is 0 Å². The van der Waals surface area contributed by atoms with Crippen molar-refractivity contribution in [2.45, 2.75) is 77.2 Å². The Bertz CT molecular complexity index is 1830. The fourth-order valence-corrected chi connectivity index (χ4v) is 7.76. The maximum Gasteiger partial charge on any atom is 0.240 e. The van der Waals surface area contributed by atoms with Crippen LogP contribution in [0.3, 0.4) is 0 Å². The van der Waals surface area contributed by atoms with Gasteiger partial charge in [0, 0.05) is 24.3 Å². The number of para-hydroxylation sites is 1. The van der Waals surface area contributed by atoms with E-state index in [0.29, 0.717) is 41.9 Å². The predicted octanol–water partition coefficient (Wildman–Crippen LogP) is 5.09. The molecule has 3 fully saturated rings. The number of aromatic nitrogens is 2. The van der Waals surface area contributed by atoms with Gasteiger partial charge in [0.25, 0.3) is 0 Å². The van der Waals surface area contributed by atoms with Crippen LogP contribution in [0, 0.1) is 22.7 Å². The number of carbonyl (C=O) groups excluding carboxylic acids is 3. The minimum absolute atomic E-state index is 0.162. The SMILES string of the molecule is C=C[C@@H]1C[C@]1(CC(=O)C1CC(Oc2nc(-c3ccccc3)nc3ccccc23)CN1C(=O)[C@@H](C)C(C)(C)C)C(=O)NS(=O)(=O)C1CC1. The summed E-state index contributed by atoms with van der Waals surface area (Å²) in [6, 6.07) is 16.3. The summed E-state index contributed by atoms with van der Waals surface area (Å²) >= 11 is 0. The van der Waals surface area contributed by atoms with Gasteiger partial charge in [-0.1, -0.05) is 76.2 Å². The summed E-state index contributed by atoms with van der Waals surface area (Å²) in [6.45, 7) is 11.8. The maximum atomic E-state index is 14.2. The lowest BCUT2D eigenvalue weighted by Gasteiger charge is -2.33. The van der Waals surface area contributed by atoms with Gasteiger partial charge in [-0.3, -0.25) is 19.1 Å². The van der Waals surface area contributed by atoms with Gasteiger partial charge in [-0.2, -0.15) is 4.98 Å². The van der Waals surface area contributed by atoms with E-state index in [9.17, 15) is 22.8 Å². The summed E-state index contributed by atoms with van der Waals surface area (Å²) in [5.74, 6) is -1.02. The minimum Gasteiger partial charge on any atom is -0.472 e. The molecule has 6 rings (SSSR count). The number of hydrogen-bond acceptors (Lipinski definition) is 8. The zero-order valence-electron chi connectivity index (χ0n) is 27.3. The Balaban J connectivity index is 1.29. The Hall–Kier alpha value is -4.12. The van der Waals surface area contributed by atoms with Crippen LogP contribution in [-0.4, -0.2) is 64.8 Å². The predicted molar refractivity (Wildman–Crippen MR) is 179 cm³/mol. The standard InChI is InChI=1S/C36H42N4O6S/c1-6-24-19-36(24,34(43)39-47(44,45)26-16-17-26)20-30(41)29-18-25(21-40(29)33(42)22(2)35(3,4)5)46-32-27-14-10-11-15-28(27)37-31(38-32)23-12-8-7-9-13-23/h6-15,22,24-26,29H,1,16-21H2,2-5H3,(H,39,43)/t22-,24-,25?,29?,36-/m1/s1. The molecule has 3 aromatic rings. The number of carbonyl (C=O) groups is 3. The number of sulfonamides is 1. The number of likely N-dealkylation sites (tertiary alicyclic amines) is 1. The van der Waals surface area contributed by atoms with Gasteiger partial charge in [-0.05, 0) is 42.7 Å². The molecule has 5 atom stereocenters. The van der Waals surface area contributed by atoms with Crippen LogP contribution in [0.25, 0.3) is 22.3 Å². The average Bonchev–Trinajstić information content (AvgIpc) is 3.97. The van der Waals surface area contributed by atoms with Crippen LogP contribution in [0.2, 0.25) is 0 Å². The van der Waals surface area contributed by atoms with Crippen molar-refractivity contribution < 1.29 is 27.5 Å². The van der Waals surface area contributed by atoms with E-state index in [-0.39, 0.29) is 42.4 Å². The van der Waals surface area contributed by atoms with Crippen molar-refractivity contribution in [3.63, 3.8) is 0 Å². The third-order valence-electron chi connectivity index (χ3n) is 10.0. The highest BCUT2D eigenvalue weighted by molar-refractivity contribution is 7.90. The first-order valence-corrected chi connectivity index (χ1v) is 17.8. The number of ketones is 1. The van der Waals surface area contributed by atoms with Crippen molar-refractivity contribution in [2.75, 3.05) is 6.54 Å². The number of ether oxygens (including phenoxy) is 1. The van der Waals surface area contributed by atoms with Crippen LogP contribution in [0.5, 0.6) is 5.88 Å². The Kier molecular flexibility index (Phi) is 8.48. The first kappa shape index (κ1) is 32.8. The number of rotatable bonds is 11. The van der Waals surface area contributed by atoms with E-state index in [1.54, 1.807) is 11.0 Å². The lowest BCUT2D eigenvalue weighted by Crippen LogP contribution is -2.47. The van der Waals surface area contributed by atoms with E-state index in [0.717, 1.165) is 5.56 Å². The molecule has 0 bridgehead atoms. The highest BCUT2D eigenvalue weighted by atomic mass is 32.2. The van der Waals surface area contributed by atoms with Gasteiger partial charge >= 0.3 is 0 Å². The second-order valence-electron chi connectivity index (χ2n) is 14.3. The van der Waals surface area contributed by atoms with Gasteiger partial charge in [0.05, 0.1) is 34.2 Å². The second kappa shape index (κ2) is 12.2. The van der Waals surface area contributed by atoms with Crippen LogP contribution in [0.4, 0.5) is 0 Å². The number of benzene rings is 2. The number of Topliss-reactive ketones (excluding diaryl/α,β-unsaturated/α-hetero) is 1. The number of hydrogen-bond donors (Lipinski definition) is 1. The fraction of sp³-hybridized carbons (Fsp3) is 0.472. The van der Waals surface area contributed by atoms with Gasteiger partial charge < -0.3 is 9.64 Å². The summed E-state index contributed by atoms with van der Waals surface area (Å²) in [5, 5.41) is 0.141. The topological polar surface area (TPSA) is 136 Å². The minimum atomic E-state index is -3.79.